The van der Waals surface area contributed by atoms with Gasteiger partial charge in [0.15, 0.2) is 17.3 Å². The van der Waals surface area contributed by atoms with Crippen LogP contribution in [0.15, 0.2) is 17.7 Å². The van der Waals surface area contributed by atoms with Crippen molar-refractivity contribution < 1.29 is 19.0 Å². The van der Waals surface area contributed by atoms with Crippen LogP contribution in [0.4, 0.5) is 0 Å². The van der Waals surface area contributed by atoms with Crippen LogP contribution in [0.25, 0.3) is 6.08 Å². The molecule has 1 aliphatic rings. The van der Waals surface area contributed by atoms with E-state index in [4.69, 9.17) is 19.5 Å². The van der Waals surface area contributed by atoms with Gasteiger partial charge in [-0.25, -0.2) is 0 Å². The van der Waals surface area contributed by atoms with Gasteiger partial charge in [-0.05, 0) is 23.8 Å². The lowest BCUT2D eigenvalue weighted by Gasteiger charge is -2.21. The standard InChI is InChI=1S/C16H17NO4/c1-10(2)15(18)12(9-17)6-11-7-13(19-3)16-14(8-11)20-4-5-21-16/h6-8,10H,4-5H2,1-3H3/b12-6+. The first-order chi connectivity index (χ1) is 10.1. The van der Waals surface area contributed by atoms with Crippen LogP contribution in [-0.4, -0.2) is 26.1 Å². The average Bonchev–Trinajstić information content (AvgIpc) is 2.50. The Morgan fingerprint density at radius 1 is 1.38 bits per heavy atom. The average molecular weight is 287 g/mol. The molecule has 0 radical (unpaired) electrons. The molecule has 0 unspecified atom stereocenters. The maximum atomic E-state index is 11.9. The molecule has 5 heteroatoms. The number of rotatable bonds is 4. The maximum Gasteiger partial charge on any atom is 0.203 e. The highest BCUT2D eigenvalue weighted by Crippen LogP contribution is 2.40. The molecule has 1 heterocycles. The fraction of sp³-hybridized carbons (Fsp3) is 0.375. The molecule has 1 aromatic rings. The number of carbonyl (C=O) groups is 1. The second kappa shape index (κ2) is 6.31. The number of nitriles is 1. The lowest BCUT2D eigenvalue weighted by molar-refractivity contribution is -0.117. The van der Waals surface area contributed by atoms with E-state index >= 15 is 0 Å². The molecule has 0 atom stereocenters. The minimum atomic E-state index is -0.227. The molecule has 5 nitrogen and oxygen atoms in total. The number of nitrogens with zero attached hydrogens (tertiary/aromatic N) is 1. The van der Waals surface area contributed by atoms with E-state index in [1.807, 2.05) is 6.07 Å². The Morgan fingerprint density at radius 3 is 2.71 bits per heavy atom. The van der Waals surface area contributed by atoms with Gasteiger partial charge in [-0.2, -0.15) is 5.26 Å². The molecule has 21 heavy (non-hydrogen) atoms. The zero-order chi connectivity index (χ0) is 15.4. The molecule has 1 aromatic carbocycles. The molecule has 0 bridgehead atoms. The Labute approximate surface area is 123 Å². The van der Waals surface area contributed by atoms with Crippen LogP contribution in [0, 0.1) is 17.2 Å². The predicted octanol–water partition coefficient (Wildman–Crippen LogP) is 2.60. The van der Waals surface area contributed by atoms with Crippen molar-refractivity contribution >= 4 is 11.9 Å². The first-order valence-corrected chi connectivity index (χ1v) is 6.70. The summed E-state index contributed by atoms with van der Waals surface area (Å²) >= 11 is 0. The number of ketones is 1. The summed E-state index contributed by atoms with van der Waals surface area (Å²) in [4.78, 5) is 11.9. The summed E-state index contributed by atoms with van der Waals surface area (Å²) in [5.74, 6) is 1.21. The van der Waals surface area contributed by atoms with E-state index in [0.29, 0.717) is 36.0 Å². The highest BCUT2D eigenvalue weighted by Gasteiger charge is 2.19. The Hall–Kier alpha value is -2.48. The van der Waals surface area contributed by atoms with Gasteiger partial charge in [0, 0.05) is 5.92 Å². The zero-order valence-corrected chi connectivity index (χ0v) is 12.3. The van der Waals surface area contributed by atoms with E-state index < -0.39 is 0 Å². The van der Waals surface area contributed by atoms with Crippen LogP contribution >= 0.6 is 0 Å². The summed E-state index contributed by atoms with van der Waals surface area (Å²) in [6.07, 6.45) is 1.54. The van der Waals surface area contributed by atoms with E-state index in [9.17, 15) is 4.79 Å². The summed E-state index contributed by atoms with van der Waals surface area (Å²) in [5.41, 5.74) is 0.783. The van der Waals surface area contributed by atoms with Crippen LogP contribution in [0.3, 0.4) is 0 Å². The third-order valence-corrected chi connectivity index (χ3v) is 3.07. The lowest BCUT2D eigenvalue weighted by atomic mass is 9.99. The van der Waals surface area contributed by atoms with Gasteiger partial charge in [-0.3, -0.25) is 4.79 Å². The molecular formula is C16H17NO4. The Bertz CT molecular complexity index is 609. The lowest BCUT2D eigenvalue weighted by Crippen LogP contribution is -2.16. The topological polar surface area (TPSA) is 68.5 Å². The third kappa shape index (κ3) is 3.16. The Morgan fingerprint density at radius 2 is 2.10 bits per heavy atom. The molecule has 0 N–H and O–H groups in total. The van der Waals surface area contributed by atoms with Gasteiger partial charge in [0.05, 0.1) is 12.7 Å². The number of hydrogen-bond donors (Lipinski definition) is 0. The van der Waals surface area contributed by atoms with E-state index in [1.54, 1.807) is 32.1 Å². The highest BCUT2D eigenvalue weighted by molar-refractivity contribution is 6.04. The first-order valence-electron chi connectivity index (χ1n) is 6.70. The smallest absolute Gasteiger partial charge is 0.203 e. The Balaban J connectivity index is 2.45. The van der Waals surface area contributed by atoms with E-state index in [2.05, 4.69) is 0 Å². The minimum Gasteiger partial charge on any atom is -0.493 e. The molecular weight excluding hydrogens is 270 g/mol. The number of benzene rings is 1. The number of hydrogen-bond acceptors (Lipinski definition) is 5. The second-order valence-corrected chi connectivity index (χ2v) is 4.94. The largest absolute Gasteiger partial charge is 0.493 e. The highest BCUT2D eigenvalue weighted by atomic mass is 16.6. The van der Waals surface area contributed by atoms with E-state index in [1.165, 1.54) is 7.11 Å². The van der Waals surface area contributed by atoms with Crippen molar-refractivity contribution in [2.75, 3.05) is 20.3 Å². The summed E-state index contributed by atoms with van der Waals surface area (Å²) in [6.45, 7) is 4.45. The van der Waals surface area contributed by atoms with Crippen molar-refractivity contribution in [3.8, 4) is 23.3 Å². The van der Waals surface area contributed by atoms with Gasteiger partial charge in [-0.1, -0.05) is 13.8 Å². The summed E-state index contributed by atoms with van der Waals surface area (Å²) in [7, 11) is 1.53. The van der Waals surface area contributed by atoms with Crippen LogP contribution < -0.4 is 14.2 Å². The van der Waals surface area contributed by atoms with Gasteiger partial charge in [0.1, 0.15) is 19.3 Å². The van der Waals surface area contributed by atoms with Gasteiger partial charge in [0.25, 0.3) is 0 Å². The molecule has 0 saturated heterocycles. The first kappa shape index (κ1) is 14.9. The number of Topliss-reactive ketones (excluding diaryl/α,β-unsaturated/α-hetero) is 1. The Kier molecular flexibility index (Phi) is 4.49. The van der Waals surface area contributed by atoms with E-state index in [-0.39, 0.29) is 17.3 Å². The summed E-state index contributed by atoms with van der Waals surface area (Å²) < 4.78 is 16.3. The van der Waals surface area contributed by atoms with Gasteiger partial charge in [-0.15, -0.1) is 0 Å². The van der Waals surface area contributed by atoms with Crippen LogP contribution in [0.1, 0.15) is 19.4 Å². The molecule has 0 spiro atoms. The van der Waals surface area contributed by atoms with Crippen molar-refractivity contribution in [3.05, 3.63) is 23.3 Å². The maximum absolute atomic E-state index is 11.9. The molecule has 0 aliphatic carbocycles. The van der Waals surface area contributed by atoms with Crippen molar-refractivity contribution in [1.29, 1.82) is 5.26 Å². The molecule has 0 saturated carbocycles. The third-order valence-electron chi connectivity index (χ3n) is 3.07. The van der Waals surface area contributed by atoms with Gasteiger partial charge < -0.3 is 14.2 Å². The monoisotopic (exact) mass is 287 g/mol. The minimum absolute atomic E-state index is 0.115. The van der Waals surface area contributed by atoms with Crippen molar-refractivity contribution in [3.63, 3.8) is 0 Å². The molecule has 1 aliphatic heterocycles. The fourth-order valence-corrected chi connectivity index (χ4v) is 2.01. The van der Waals surface area contributed by atoms with Gasteiger partial charge >= 0.3 is 0 Å². The number of fused-ring (bicyclic) bond motifs is 1. The van der Waals surface area contributed by atoms with Crippen molar-refractivity contribution in [1.82, 2.24) is 0 Å². The van der Waals surface area contributed by atoms with Crippen LogP contribution in [0.2, 0.25) is 0 Å². The van der Waals surface area contributed by atoms with E-state index in [0.717, 1.165) is 0 Å². The number of allylic oxidation sites excluding steroid dienone is 1. The van der Waals surface area contributed by atoms with Crippen molar-refractivity contribution in [2.45, 2.75) is 13.8 Å². The number of ether oxygens (including phenoxy) is 3. The normalized spacial score (nSPS) is 13.8. The van der Waals surface area contributed by atoms with Crippen LogP contribution in [0.5, 0.6) is 17.2 Å². The van der Waals surface area contributed by atoms with Crippen LogP contribution in [-0.2, 0) is 4.79 Å². The fourth-order valence-electron chi connectivity index (χ4n) is 2.01. The predicted molar refractivity (Wildman–Crippen MR) is 77.4 cm³/mol. The van der Waals surface area contributed by atoms with Crippen molar-refractivity contribution in [2.24, 2.45) is 5.92 Å². The molecule has 0 fully saturated rings. The molecule has 2 rings (SSSR count). The summed E-state index contributed by atoms with van der Waals surface area (Å²) in [5, 5.41) is 9.15. The quantitative estimate of drug-likeness (QED) is 0.629. The molecule has 0 amide bonds. The van der Waals surface area contributed by atoms with Gasteiger partial charge in [0.2, 0.25) is 5.75 Å². The molecule has 0 aromatic heterocycles. The zero-order valence-electron chi connectivity index (χ0n) is 12.3. The number of methoxy groups -OCH3 is 1. The summed E-state index contributed by atoms with van der Waals surface area (Å²) in [6, 6.07) is 5.41. The number of carbonyl (C=O) groups excluding carboxylic acids is 1. The SMILES string of the molecule is COc1cc(/C=C(\C#N)C(=O)C(C)C)cc2c1OCCO2. The second-order valence-electron chi connectivity index (χ2n) is 4.94. The molecule has 110 valence electrons.